The quantitative estimate of drug-likeness (QED) is 0.141. The van der Waals surface area contributed by atoms with E-state index in [1.54, 1.807) is 42.5 Å². The molecule has 2 N–H and O–H groups in total. The van der Waals surface area contributed by atoms with Crippen LogP contribution in [0, 0.1) is 5.92 Å². The van der Waals surface area contributed by atoms with Gasteiger partial charge in [0.1, 0.15) is 11.8 Å². The third-order valence-electron chi connectivity index (χ3n) is 8.97. The van der Waals surface area contributed by atoms with Crippen LogP contribution in [-0.2, 0) is 4.79 Å². The molecule has 5 aromatic rings. The molecule has 2 unspecified atom stereocenters. The van der Waals surface area contributed by atoms with Crippen LogP contribution in [0.3, 0.4) is 0 Å². The van der Waals surface area contributed by atoms with Crippen LogP contribution >= 0.6 is 0 Å². The van der Waals surface area contributed by atoms with E-state index in [-0.39, 0.29) is 34.9 Å². The van der Waals surface area contributed by atoms with Gasteiger partial charge in [-0.2, -0.15) is 0 Å². The van der Waals surface area contributed by atoms with E-state index in [1.807, 2.05) is 48.5 Å². The van der Waals surface area contributed by atoms with Crippen molar-refractivity contribution in [2.45, 2.75) is 45.1 Å². The van der Waals surface area contributed by atoms with Gasteiger partial charge in [-0.15, -0.1) is 0 Å². The number of hydrogen-bond acceptors (Lipinski definition) is 7. The number of rotatable bonds is 12. The Morgan fingerprint density at radius 3 is 2.37 bits per heavy atom. The average molecular weight is 615 g/mol. The molecule has 1 aliphatic carbocycles. The summed E-state index contributed by atoms with van der Waals surface area (Å²) in [4.78, 5) is 50.7. The summed E-state index contributed by atoms with van der Waals surface area (Å²) in [7, 11) is 2.10. The third kappa shape index (κ3) is 6.32. The molecule has 1 aliphatic rings. The van der Waals surface area contributed by atoms with E-state index in [0.29, 0.717) is 46.1 Å². The molecule has 1 saturated carbocycles. The van der Waals surface area contributed by atoms with Crippen LogP contribution in [0.2, 0.25) is 0 Å². The van der Waals surface area contributed by atoms with Crippen molar-refractivity contribution in [3.8, 4) is 11.4 Å². The molecule has 0 aliphatic heterocycles. The highest BCUT2D eigenvalue weighted by molar-refractivity contribution is 6.09. The molecule has 3 aromatic carbocycles. The number of likely N-dealkylation sites (N-methyl/N-ethyl adjacent to an activating group) is 1. The number of anilines is 1. The summed E-state index contributed by atoms with van der Waals surface area (Å²) in [5.74, 6) is 0.316. The van der Waals surface area contributed by atoms with Crippen molar-refractivity contribution in [2.75, 3.05) is 19.3 Å². The number of benzene rings is 3. The maximum Gasteiger partial charge on any atom is 0.339 e. The number of fused-ring (bicyclic) bond motifs is 1. The molecular weight excluding hydrogens is 576 g/mol. The summed E-state index contributed by atoms with van der Waals surface area (Å²) >= 11 is 0. The fourth-order valence-corrected chi connectivity index (χ4v) is 5.89. The normalized spacial score (nSPS) is 14.6. The number of carbonyl (C=O) groups is 2. The summed E-state index contributed by atoms with van der Waals surface area (Å²) in [6.45, 7) is 4.97. The van der Waals surface area contributed by atoms with Crippen molar-refractivity contribution in [1.82, 2.24) is 24.0 Å². The first-order valence-electron chi connectivity index (χ1n) is 15.7. The van der Waals surface area contributed by atoms with Crippen molar-refractivity contribution in [3.05, 3.63) is 125 Å². The molecule has 1 fully saturated rings. The van der Waals surface area contributed by atoms with Crippen LogP contribution in [-0.4, -0.2) is 55.2 Å². The van der Waals surface area contributed by atoms with E-state index in [0.717, 1.165) is 12.1 Å². The summed E-state index contributed by atoms with van der Waals surface area (Å²) in [5, 5.41) is 0. The topological polar surface area (TPSA) is 116 Å². The van der Waals surface area contributed by atoms with E-state index in [2.05, 4.69) is 35.8 Å². The van der Waals surface area contributed by atoms with Crippen molar-refractivity contribution in [3.63, 3.8) is 0 Å². The van der Waals surface area contributed by atoms with Crippen LogP contribution in [0.4, 0.5) is 5.82 Å². The van der Waals surface area contributed by atoms with Crippen molar-refractivity contribution < 1.29 is 9.59 Å². The lowest BCUT2D eigenvalue weighted by atomic mass is 9.85. The lowest BCUT2D eigenvalue weighted by molar-refractivity contribution is -0.115. The highest BCUT2D eigenvalue weighted by Gasteiger charge is 2.25. The average Bonchev–Trinajstić information content (AvgIpc) is 3.88. The molecule has 2 heterocycles. The predicted octanol–water partition coefficient (Wildman–Crippen LogP) is 5.73. The number of hydrogen-bond donors (Lipinski definition) is 1. The van der Waals surface area contributed by atoms with E-state index in [9.17, 15) is 14.4 Å². The molecule has 0 amide bonds. The lowest BCUT2D eigenvalue weighted by Gasteiger charge is -2.20. The van der Waals surface area contributed by atoms with Gasteiger partial charge in [0.05, 0.1) is 11.4 Å². The summed E-state index contributed by atoms with van der Waals surface area (Å²) in [5.41, 5.74) is 9.98. The zero-order valence-electron chi connectivity index (χ0n) is 26.3. The number of ketones is 2. The van der Waals surface area contributed by atoms with Crippen LogP contribution in [0.25, 0.3) is 22.5 Å². The number of nitrogens with two attached hydrogens (primary N) is 1. The van der Waals surface area contributed by atoms with E-state index >= 15 is 0 Å². The molecule has 2 aromatic heterocycles. The largest absolute Gasteiger partial charge is 0.382 e. The highest BCUT2D eigenvalue weighted by Crippen LogP contribution is 2.30. The van der Waals surface area contributed by atoms with Gasteiger partial charge in [-0.3, -0.25) is 19.1 Å². The SMILES string of the molecule is CC(CC(=O)C=CCN(C)C1CC1)C(C)c1cccc(-n2c(=O)n(-c3ccc(C(=O)c4ccccc4)cc3)c3c(N)ncnc32)c1. The van der Waals surface area contributed by atoms with E-state index < -0.39 is 0 Å². The van der Waals surface area contributed by atoms with Gasteiger partial charge in [0.2, 0.25) is 0 Å². The Balaban J connectivity index is 1.28. The molecule has 0 saturated heterocycles. The predicted molar refractivity (Wildman–Crippen MR) is 181 cm³/mol. The number of nitrogen functional groups attached to an aromatic ring is 1. The molecule has 234 valence electrons. The summed E-state index contributed by atoms with van der Waals surface area (Å²) < 4.78 is 3.01. The first-order valence-corrected chi connectivity index (χ1v) is 15.7. The Hall–Kier alpha value is -5.15. The number of nitrogens with zero attached hydrogens (tertiary/aromatic N) is 5. The number of aromatic nitrogens is 4. The Bertz CT molecular complexity index is 1970. The summed E-state index contributed by atoms with van der Waals surface area (Å²) in [6, 6.07) is 24.3. The Kier molecular flexibility index (Phi) is 8.76. The zero-order valence-corrected chi connectivity index (χ0v) is 26.3. The van der Waals surface area contributed by atoms with Gasteiger partial charge < -0.3 is 5.73 Å². The number of allylic oxidation sites excluding steroid dienone is 1. The lowest BCUT2D eigenvalue weighted by Crippen LogP contribution is -2.22. The van der Waals surface area contributed by atoms with Gasteiger partial charge in [-0.1, -0.05) is 62.4 Å². The maximum absolute atomic E-state index is 14.1. The maximum atomic E-state index is 14.1. The second-order valence-electron chi connectivity index (χ2n) is 12.2. The first kappa shape index (κ1) is 30.9. The van der Waals surface area contributed by atoms with Crippen molar-refractivity contribution >= 4 is 28.5 Å². The number of imidazole rings is 1. The highest BCUT2D eigenvalue weighted by atomic mass is 16.2. The molecule has 0 spiro atoms. The summed E-state index contributed by atoms with van der Waals surface area (Å²) in [6.07, 6.45) is 7.92. The second-order valence-corrected chi connectivity index (χ2v) is 12.2. The van der Waals surface area contributed by atoms with Crippen LogP contribution < -0.4 is 11.4 Å². The first-order chi connectivity index (χ1) is 22.2. The molecule has 46 heavy (non-hydrogen) atoms. The van der Waals surface area contributed by atoms with Gasteiger partial charge >= 0.3 is 5.69 Å². The van der Waals surface area contributed by atoms with Crippen molar-refractivity contribution in [1.29, 1.82) is 0 Å². The van der Waals surface area contributed by atoms with Crippen LogP contribution in [0.1, 0.15) is 60.5 Å². The monoisotopic (exact) mass is 614 g/mol. The molecular formula is C37H38N6O3. The third-order valence-corrected chi connectivity index (χ3v) is 8.97. The minimum absolute atomic E-state index is 0.0601. The zero-order chi connectivity index (χ0) is 32.4. The number of carbonyl (C=O) groups excluding carboxylic acids is 2. The Labute approximate surface area is 268 Å². The molecule has 2 atom stereocenters. The minimum atomic E-state index is -0.362. The van der Waals surface area contributed by atoms with Crippen LogP contribution in [0.15, 0.2) is 102 Å². The van der Waals surface area contributed by atoms with E-state index in [4.69, 9.17) is 5.73 Å². The fraction of sp³-hybridized carbons (Fsp3) is 0.270. The standard InChI is InChI=1S/C37H38N6O3/c1-24(21-32(44)13-8-20-41(3)29-18-19-29)25(2)28-11-7-12-31(22-28)43-36-33(35(38)39-23-40-36)42(37(43)46)30-16-14-27(15-17-30)34(45)26-9-5-4-6-10-26/h4-17,22-25,29H,18-21H2,1-3H3,(H2,38,39,40). The van der Waals surface area contributed by atoms with Gasteiger partial charge in [0.15, 0.2) is 23.0 Å². The van der Waals surface area contributed by atoms with E-state index in [1.165, 1.54) is 28.3 Å². The minimum Gasteiger partial charge on any atom is -0.382 e. The van der Waals surface area contributed by atoms with Gasteiger partial charge in [0.25, 0.3) is 0 Å². The van der Waals surface area contributed by atoms with Gasteiger partial charge in [-0.25, -0.2) is 19.3 Å². The molecule has 9 nitrogen and oxygen atoms in total. The molecule has 9 heteroatoms. The smallest absolute Gasteiger partial charge is 0.339 e. The Morgan fingerprint density at radius 2 is 1.65 bits per heavy atom. The van der Waals surface area contributed by atoms with Crippen LogP contribution in [0.5, 0.6) is 0 Å². The Morgan fingerprint density at radius 1 is 0.935 bits per heavy atom. The molecule has 6 rings (SSSR count). The van der Waals surface area contributed by atoms with Crippen molar-refractivity contribution in [2.24, 2.45) is 5.92 Å². The fourth-order valence-electron chi connectivity index (χ4n) is 5.89. The molecule has 0 bridgehead atoms. The second kappa shape index (κ2) is 13.1. The van der Waals surface area contributed by atoms with Gasteiger partial charge in [-0.05, 0) is 79.8 Å². The van der Waals surface area contributed by atoms with Gasteiger partial charge in [0, 0.05) is 30.1 Å². The molecule has 0 radical (unpaired) electrons.